The molecule has 3 aliphatic heterocycles. The van der Waals surface area contributed by atoms with Gasteiger partial charge in [-0.15, -0.1) is 0 Å². The van der Waals surface area contributed by atoms with Crippen LogP contribution >= 0.6 is 12.2 Å². The number of benzene rings is 5. The second kappa shape index (κ2) is 50.0. The van der Waals surface area contributed by atoms with Gasteiger partial charge in [0.2, 0.25) is 38.5 Å². The molecule has 16 atom stereocenters. The Hall–Kier alpha value is -8.72. The van der Waals surface area contributed by atoms with Gasteiger partial charge in [-0.25, -0.2) is 21.6 Å². The first-order valence-electron chi connectivity index (χ1n) is 41.0. The van der Waals surface area contributed by atoms with Gasteiger partial charge in [0.05, 0.1) is 78.3 Å². The van der Waals surface area contributed by atoms with Crippen molar-refractivity contribution in [3.8, 4) is 22.5 Å². The van der Waals surface area contributed by atoms with Gasteiger partial charge in [0.25, 0.3) is 0 Å². The van der Waals surface area contributed by atoms with Crippen molar-refractivity contribution in [1.82, 2.24) is 21.3 Å². The fraction of sp³-hybridized carbons (Fsp3) is 0.494. The fourth-order valence-electron chi connectivity index (χ4n) is 15.0. The fourth-order valence-corrected chi connectivity index (χ4v) is 15.8. The van der Waals surface area contributed by atoms with Crippen LogP contribution < -0.4 is 32.0 Å². The van der Waals surface area contributed by atoms with Crippen molar-refractivity contribution in [1.29, 1.82) is 0 Å². The van der Waals surface area contributed by atoms with E-state index >= 15 is 0 Å². The number of aliphatic hydroxyl groups excluding tert-OH is 5. The maximum atomic E-state index is 13.5. The average Bonchev–Trinajstić information content (AvgIpc) is 1.02. The number of carbonyl (C=O) groups excluding carboxylic acids is 3. The van der Waals surface area contributed by atoms with Gasteiger partial charge in [-0.05, 0) is 140 Å². The minimum atomic E-state index is -5.04. The summed E-state index contributed by atoms with van der Waals surface area (Å²) in [6, 6.07) is 35.2. The number of nitrogens with one attached hydrogen (secondary N) is 5. The predicted molar refractivity (Wildman–Crippen MR) is 456 cm³/mol. The van der Waals surface area contributed by atoms with Gasteiger partial charge in [0.1, 0.15) is 49.0 Å². The van der Waals surface area contributed by atoms with E-state index in [1.165, 1.54) is 26.0 Å². The number of anilines is 1. The number of allylic oxidation sites excluding steroid dienone is 4. The zero-order chi connectivity index (χ0) is 89.3. The van der Waals surface area contributed by atoms with E-state index in [4.69, 9.17) is 59.6 Å². The molecular weight excluding hydrogens is 1680 g/mol. The number of hydrogen-bond donors (Lipinski definition) is 12. The molecule has 34 nitrogen and oxygen atoms in total. The van der Waals surface area contributed by atoms with Crippen LogP contribution in [0.5, 0.6) is 0 Å². The summed E-state index contributed by atoms with van der Waals surface area (Å²) in [7, 11) is -10.0. The summed E-state index contributed by atoms with van der Waals surface area (Å²) in [6.07, 6.45) is 9.09. The van der Waals surface area contributed by atoms with Crippen LogP contribution in [0.1, 0.15) is 87.3 Å². The van der Waals surface area contributed by atoms with Gasteiger partial charge >= 0.3 is 5.97 Å². The Morgan fingerprint density at radius 3 is 1.57 bits per heavy atom. The van der Waals surface area contributed by atoms with Crippen LogP contribution in [-0.4, -0.2) is 245 Å². The molecule has 0 radical (unpaired) electrons. The zero-order valence-corrected chi connectivity index (χ0v) is 71.5. The molecule has 2 saturated heterocycles. The second-order valence-electron chi connectivity index (χ2n) is 30.6. The number of ether oxygens (including phenoxy) is 8. The Balaban J connectivity index is 0.000000328. The molecular formula is C87H111N5O29S3-2. The number of aryl methyl sites for hydroxylation is 1. The van der Waals surface area contributed by atoms with Crippen molar-refractivity contribution in [2.75, 3.05) is 111 Å². The highest BCUT2D eigenvalue weighted by molar-refractivity contribution is 7.81. The van der Waals surface area contributed by atoms with Crippen molar-refractivity contribution in [3.63, 3.8) is 0 Å². The van der Waals surface area contributed by atoms with Crippen LogP contribution in [0.2, 0.25) is 0 Å². The minimum absolute atomic E-state index is 0.0495. The maximum Gasteiger partial charge on any atom is 0.329 e. The van der Waals surface area contributed by atoms with Gasteiger partial charge < -0.3 is 114 Å². The SMILES string of the molecule is CC1C(O)C(COS(=O)(=O)[O-])OC(OCCNC(=O)C2CC(C=Cc3ccccc3)CC2C=CCOCCOCC(=O)O)C1O.Cc1ccc2c(-c3ccc(NC(=S)NCCCCCNC(=O)COCCOCC=CC4CC(C=Cc5ccccc5)CC4C(=O)NCCOC4OC(COS(=O)(=O)[O-])C(O)C(C)C4O)cc3C(O)O)c3ccc(=O)cc-3oc2c1. The van der Waals surface area contributed by atoms with E-state index in [1.54, 1.807) is 24.3 Å². The highest BCUT2D eigenvalue weighted by atomic mass is 32.3. The number of carbonyl (C=O) groups is 4. The summed E-state index contributed by atoms with van der Waals surface area (Å²) in [5, 5.41) is 87.4. The molecule has 124 heavy (non-hydrogen) atoms. The van der Waals surface area contributed by atoms with Crippen LogP contribution in [0.4, 0.5) is 5.69 Å². The third-order valence-corrected chi connectivity index (χ3v) is 22.6. The number of thiocarbonyl (C=S) groups is 1. The van der Waals surface area contributed by atoms with Crippen LogP contribution in [0.15, 0.2) is 161 Å². The van der Waals surface area contributed by atoms with Crippen LogP contribution in [-0.2, 0) is 86.2 Å². The average molecular weight is 1790 g/mol. The molecule has 6 aliphatic rings. The largest absolute Gasteiger partial charge is 0.726 e. The van der Waals surface area contributed by atoms with E-state index in [0.717, 1.165) is 54.2 Å². The van der Waals surface area contributed by atoms with Gasteiger partial charge in [0.15, 0.2) is 29.4 Å². The molecule has 4 fully saturated rings. The molecule has 10 rings (SSSR count). The number of hydrogen-bond acceptors (Lipinski definition) is 29. The van der Waals surface area contributed by atoms with Gasteiger partial charge in [0, 0.05) is 83.7 Å². The number of aliphatic carboxylic acids is 1. The highest BCUT2D eigenvalue weighted by Crippen LogP contribution is 2.44. The Kier molecular flexibility index (Phi) is 39.9. The van der Waals surface area contributed by atoms with E-state index < -0.39 is 107 Å². The lowest BCUT2D eigenvalue weighted by Crippen LogP contribution is -2.55. The third-order valence-electron chi connectivity index (χ3n) is 21.5. The monoisotopic (exact) mass is 1790 g/mol. The van der Waals surface area contributed by atoms with Crippen LogP contribution in [0, 0.1) is 54.3 Å². The third kappa shape index (κ3) is 32.3. The molecule has 12 N–H and O–H groups in total. The zero-order valence-electron chi connectivity index (χ0n) is 69.0. The molecule has 4 aromatic rings. The number of amides is 3. The highest BCUT2D eigenvalue weighted by Gasteiger charge is 2.45. The van der Waals surface area contributed by atoms with E-state index in [0.29, 0.717) is 64.8 Å². The van der Waals surface area contributed by atoms with Crippen molar-refractivity contribution in [3.05, 3.63) is 184 Å². The standard InChI is InChI=1S/C57H70N4O16S2.C30H43NO13S/c1-35-13-18-43-47(28-35)76-48-32-41(62)17-20-44(48)51(43)42-19-16-40(31-46(42)55(67)68)61-57(78)60-22-8-4-7-21-58-50(63)34-73-27-26-72-24-9-12-39-29-38(15-14-37-10-5-3-6-11-37)30-45(39)54(66)59-23-25-74-56-53(65)36(2)52(64)49(77-56)33-75-79(69,70)71;1-20-27(34)25(18-43-45(37,38)39)44-30(28(20)35)42-13-11-31-29(36)24-17-22(10-9-21-6-3-2-4-7-21)16-23(24)8-5-12-40-14-15-41-19-26(32)33/h3,5-6,9-20,28,31-32,36,38-39,45,49,52-53,55-56,64-65,67-68H,4,7-8,21-27,29-30,33-34H2,1-2H3,(H,58,63)(H,59,66)(H2,60,61,78)(H,69,70,71);2-10,20,22-25,27-28,30,34-35H,11-19H2,1H3,(H,31,36)(H,32,33)(H,37,38,39)/p-2. The van der Waals surface area contributed by atoms with Crippen LogP contribution in [0.3, 0.4) is 0 Å². The number of carboxylic acids is 1. The Morgan fingerprint density at radius 2 is 1.06 bits per heavy atom. The molecule has 0 spiro atoms. The maximum absolute atomic E-state index is 13.5. The topological polar surface area (TPSA) is 507 Å². The number of unbranched alkanes of at least 4 members (excludes halogenated alkanes) is 2. The first kappa shape index (κ1) is 99.1. The predicted octanol–water partition coefficient (Wildman–Crippen LogP) is 5.78. The van der Waals surface area contributed by atoms with Crippen molar-refractivity contribution in [2.45, 2.75) is 121 Å². The molecule has 3 amide bonds. The number of fused-ring (bicyclic) bond motifs is 2. The molecule has 3 heterocycles. The summed E-state index contributed by atoms with van der Waals surface area (Å²) in [4.78, 5) is 61.9. The molecule has 37 heteroatoms. The molecule has 4 aromatic carbocycles. The summed E-state index contributed by atoms with van der Waals surface area (Å²) < 4.78 is 124. The normalized spacial score (nSPS) is 24.3. The molecule has 678 valence electrons. The minimum Gasteiger partial charge on any atom is -0.726 e. The van der Waals surface area contributed by atoms with Gasteiger partial charge in [-0.1, -0.05) is 141 Å². The number of aliphatic hydroxyl groups is 6. The lowest BCUT2D eigenvalue weighted by molar-refractivity contribution is -0.285. The molecule has 16 unspecified atom stereocenters. The summed E-state index contributed by atoms with van der Waals surface area (Å²) >= 11 is 5.53. The summed E-state index contributed by atoms with van der Waals surface area (Å²) in [6.45, 7) is 5.47. The van der Waals surface area contributed by atoms with E-state index in [-0.39, 0.29) is 143 Å². The van der Waals surface area contributed by atoms with E-state index in [2.05, 4.69) is 47.1 Å². The number of carboxylic acid groups (broad SMARTS) is 1. The Bertz CT molecular complexity index is 4790. The van der Waals surface area contributed by atoms with Crippen molar-refractivity contribution >= 4 is 90.6 Å². The Labute approximate surface area is 725 Å². The van der Waals surface area contributed by atoms with Crippen LogP contribution in [0.25, 0.3) is 45.6 Å². The lowest BCUT2D eigenvalue weighted by atomic mass is 9.90. The lowest BCUT2D eigenvalue weighted by Gasteiger charge is -2.41. The second-order valence-corrected chi connectivity index (χ2v) is 33.1. The first-order chi connectivity index (χ1) is 59.4. The molecule has 3 aliphatic carbocycles. The molecule has 0 aromatic heterocycles. The smallest absolute Gasteiger partial charge is 0.329 e. The molecule has 2 saturated carbocycles. The first-order valence-corrected chi connectivity index (χ1v) is 44.1. The quantitative estimate of drug-likeness (QED) is 0.00410. The number of rotatable bonds is 45. The van der Waals surface area contributed by atoms with E-state index in [1.807, 2.05) is 122 Å². The van der Waals surface area contributed by atoms with Gasteiger partial charge in [-0.2, -0.15) is 0 Å². The summed E-state index contributed by atoms with van der Waals surface area (Å²) in [5.74, 6) is -3.37. The van der Waals surface area contributed by atoms with Crippen molar-refractivity contribution < 1.29 is 132 Å². The van der Waals surface area contributed by atoms with Gasteiger partial charge in [-0.3, -0.25) is 27.5 Å². The van der Waals surface area contributed by atoms with Crippen molar-refractivity contribution in [2.24, 2.45) is 47.3 Å². The van der Waals surface area contributed by atoms with E-state index in [9.17, 15) is 80.6 Å². The summed E-state index contributed by atoms with van der Waals surface area (Å²) in [5.41, 5.74) is 6.16. The molecule has 0 bridgehead atoms. The Morgan fingerprint density at radius 1 is 0.565 bits per heavy atom.